The number of β-amino-alcohol motifs (C(OH)–C–C–N with tert-alkyl or cyclic N) is 1. The zero-order chi connectivity index (χ0) is 12.6. The molecule has 16 heavy (non-hydrogen) atoms. The molecule has 1 heterocycles. The molecule has 2 N–H and O–H groups in total. The Morgan fingerprint density at radius 3 is 2.50 bits per heavy atom. The Balaban J connectivity index is 2.55. The van der Waals surface area contributed by atoms with E-state index >= 15 is 0 Å². The number of hydrogen-bond donors (Lipinski definition) is 2. The van der Waals surface area contributed by atoms with Gasteiger partial charge in [0.25, 0.3) is 0 Å². The average molecular weight is 231 g/mol. The lowest BCUT2D eigenvalue weighted by Crippen LogP contribution is -2.55. The zero-order valence-corrected chi connectivity index (χ0v) is 10.4. The summed E-state index contributed by atoms with van der Waals surface area (Å²) >= 11 is 0. The molecule has 5 nitrogen and oxygen atoms in total. The van der Waals surface area contributed by atoms with Crippen molar-refractivity contribution in [2.24, 2.45) is 0 Å². The van der Waals surface area contributed by atoms with E-state index in [1.54, 1.807) is 27.7 Å². The molecule has 1 saturated heterocycles. The molecule has 1 rings (SSSR count). The number of carbonyl (C=O) groups excluding carboxylic acids is 1. The van der Waals surface area contributed by atoms with Gasteiger partial charge in [0.05, 0.1) is 12.1 Å². The highest BCUT2D eigenvalue weighted by molar-refractivity contribution is 5.68. The second-order valence-corrected chi connectivity index (χ2v) is 5.55. The fourth-order valence-electron chi connectivity index (χ4n) is 1.52. The number of aliphatic hydroxyl groups is 2. The van der Waals surface area contributed by atoms with Crippen molar-refractivity contribution < 1.29 is 19.7 Å². The summed E-state index contributed by atoms with van der Waals surface area (Å²) in [6.07, 6.45) is -1.01. The lowest BCUT2D eigenvalue weighted by Gasteiger charge is -2.40. The molecule has 94 valence electrons. The van der Waals surface area contributed by atoms with Gasteiger partial charge in [-0.15, -0.1) is 0 Å². The third-order valence-corrected chi connectivity index (χ3v) is 2.65. The number of rotatable bonds is 0. The van der Waals surface area contributed by atoms with E-state index in [-0.39, 0.29) is 6.54 Å². The minimum Gasteiger partial charge on any atom is -0.444 e. The summed E-state index contributed by atoms with van der Waals surface area (Å²) in [7, 11) is 0. The minimum atomic E-state index is -1.11. The van der Waals surface area contributed by atoms with Crippen molar-refractivity contribution in [2.75, 3.05) is 13.1 Å². The quantitative estimate of drug-likeness (QED) is 0.645. The topological polar surface area (TPSA) is 70.0 Å². The van der Waals surface area contributed by atoms with Crippen LogP contribution in [-0.2, 0) is 4.74 Å². The summed E-state index contributed by atoms with van der Waals surface area (Å²) in [5.41, 5.74) is -1.65. The lowest BCUT2D eigenvalue weighted by molar-refractivity contribution is -0.106. The third-order valence-electron chi connectivity index (χ3n) is 2.65. The summed E-state index contributed by atoms with van der Waals surface area (Å²) in [6, 6.07) is 0. The fraction of sp³-hybridized carbons (Fsp3) is 0.909. The van der Waals surface area contributed by atoms with Crippen molar-refractivity contribution in [3.05, 3.63) is 0 Å². The van der Waals surface area contributed by atoms with Crippen LogP contribution < -0.4 is 0 Å². The maximum atomic E-state index is 11.7. The lowest BCUT2D eigenvalue weighted by atomic mass is 9.91. The van der Waals surface area contributed by atoms with Gasteiger partial charge in [0.15, 0.2) is 0 Å². The SMILES string of the molecule is CC(C)(C)OC(=O)N1CC[C@@](C)(O)C(O)C1. The van der Waals surface area contributed by atoms with Crippen molar-refractivity contribution in [2.45, 2.75) is 51.4 Å². The Bertz CT molecular complexity index is 270. The molecule has 0 saturated carbocycles. The van der Waals surface area contributed by atoms with Gasteiger partial charge in [-0.2, -0.15) is 0 Å². The summed E-state index contributed by atoms with van der Waals surface area (Å²) in [5, 5.41) is 19.4. The highest BCUT2D eigenvalue weighted by atomic mass is 16.6. The Kier molecular flexibility index (Phi) is 3.50. The van der Waals surface area contributed by atoms with Crippen LogP contribution in [0.15, 0.2) is 0 Å². The van der Waals surface area contributed by atoms with E-state index in [9.17, 15) is 15.0 Å². The van der Waals surface area contributed by atoms with E-state index < -0.39 is 23.4 Å². The molecular formula is C11H21NO4. The van der Waals surface area contributed by atoms with Crippen LogP contribution in [0.4, 0.5) is 4.79 Å². The van der Waals surface area contributed by atoms with Gasteiger partial charge < -0.3 is 19.8 Å². The van der Waals surface area contributed by atoms with Crippen LogP contribution in [0.5, 0.6) is 0 Å². The molecule has 1 aliphatic rings. The minimum absolute atomic E-state index is 0.113. The van der Waals surface area contributed by atoms with Crippen LogP contribution in [-0.4, -0.2) is 51.6 Å². The van der Waals surface area contributed by atoms with Crippen LogP contribution in [0.3, 0.4) is 0 Å². The van der Waals surface area contributed by atoms with E-state index in [4.69, 9.17) is 4.74 Å². The number of amides is 1. The number of aliphatic hydroxyl groups excluding tert-OH is 1. The summed E-state index contributed by atoms with van der Waals surface area (Å²) < 4.78 is 5.19. The monoisotopic (exact) mass is 231 g/mol. The van der Waals surface area contributed by atoms with Crippen LogP contribution in [0.25, 0.3) is 0 Å². The highest BCUT2D eigenvalue weighted by Gasteiger charge is 2.38. The van der Waals surface area contributed by atoms with Crippen molar-refractivity contribution in [3.63, 3.8) is 0 Å². The van der Waals surface area contributed by atoms with Crippen molar-refractivity contribution in [1.29, 1.82) is 0 Å². The fourth-order valence-corrected chi connectivity index (χ4v) is 1.52. The molecule has 0 aromatic heterocycles. The summed E-state index contributed by atoms with van der Waals surface area (Å²) in [4.78, 5) is 13.1. The Morgan fingerprint density at radius 2 is 2.06 bits per heavy atom. The first kappa shape index (κ1) is 13.3. The first-order chi connectivity index (χ1) is 7.12. The molecule has 0 aliphatic carbocycles. The molecule has 1 aliphatic heterocycles. The van der Waals surface area contributed by atoms with Gasteiger partial charge in [-0.25, -0.2) is 4.79 Å². The first-order valence-corrected chi connectivity index (χ1v) is 5.50. The van der Waals surface area contributed by atoms with Gasteiger partial charge in [-0.05, 0) is 34.1 Å². The molecule has 0 bridgehead atoms. The van der Waals surface area contributed by atoms with E-state index in [1.807, 2.05) is 0 Å². The van der Waals surface area contributed by atoms with Gasteiger partial charge in [-0.3, -0.25) is 0 Å². The number of piperidine rings is 1. The molecule has 2 atom stereocenters. The summed E-state index contributed by atoms with van der Waals surface area (Å²) in [6.45, 7) is 7.47. The van der Waals surface area contributed by atoms with E-state index in [2.05, 4.69) is 0 Å². The van der Waals surface area contributed by atoms with Crippen LogP contribution in [0.2, 0.25) is 0 Å². The van der Waals surface area contributed by atoms with Crippen molar-refractivity contribution in [3.8, 4) is 0 Å². The number of nitrogens with zero attached hydrogens (tertiary/aromatic N) is 1. The van der Waals surface area contributed by atoms with Gasteiger partial charge in [0.1, 0.15) is 11.7 Å². The second kappa shape index (κ2) is 4.22. The third kappa shape index (κ3) is 3.35. The smallest absolute Gasteiger partial charge is 0.410 e. The molecule has 1 fully saturated rings. The zero-order valence-electron chi connectivity index (χ0n) is 10.4. The molecule has 1 unspecified atom stereocenters. The molecular weight excluding hydrogens is 210 g/mol. The van der Waals surface area contributed by atoms with Gasteiger partial charge in [0, 0.05) is 6.54 Å². The predicted octanol–water partition coefficient (Wildman–Crippen LogP) is 0.739. The summed E-state index contributed by atoms with van der Waals surface area (Å²) in [5.74, 6) is 0. The number of likely N-dealkylation sites (tertiary alicyclic amines) is 1. The molecule has 1 amide bonds. The normalized spacial score (nSPS) is 31.4. The molecule has 5 heteroatoms. The highest BCUT2D eigenvalue weighted by Crippen LogP contribution is 2.23. The Morgan fingerprint density at radius 1 is 1.50 bits per heavy atom. The standard InChI is InChI=1S/C11H21NO4/c1-10(2,3)16-9(14)12-6-5-11(4,15)8(13)7-12/h8,13,15H,5-7H2,1-4H3/t8?,11-/m1/s1. The van der Waals surface area contributed by atoms with Gasteiger partial charge in [0.2, 0.25) is 0 Å². The van der Waals surface area contributed by atoms with Crippen molar-refractivity contribution in [1.82, 2.24) is 4.90 Å². The van der Waals surface area contributed by atoms with Crippen LogP contribution in [0, 0.1) is 0 Å². The molecule has 0 aromatic rings. The Hall–Kier alpha value is -0.810. The van der Waals surface area contributed by atoms with Gasteiger partial charge in [-0.1, -0.05) is 0 Å². The van der Waals surface area contributed by atoms with Gasteiger partial charge >= 0.3 is 6.09 Å². The number of carbonyl (C=O) groups is 1. The maximum absolute atomic E-state index is 11.7. The second-order valence-electron chi connectivity index (χ2n) is 5.55. The molecule has 0 spiro atoms. The maximum Gasteiger partial charge on any atom is 0.410 e. The predicted molar refractivity (Wildman–Crippen MR) is 59.1 cm³/mol. The van der Waals surface area contributed by atoms with E-state index in [0.717, 1.165) is 0 Å². The molecule has 0 radical (unpaired) electrons. The average Bonchev–Trinajstić information content (AvgIpc) is 2.06. The van der Waals surface area contributed by atoms with Crippen LogP contribution >= 0.6 is 0 Å². The number of ether oxygens (including phenoxy) is 1. The van der Waals surface area contributed by atoms with Crippen LogP contribution in [0.1, 0.15) is 34.1 Å². The largest absolute Gasteiger partial charge is 0.444 e. The van der Waals surface area contributed by atoms with E-state index in [1.165, 1.54) is 4.90 Å². The van der Waals surface area contributed by atoms with Crippen molar-refractivity contribution >= 4 is 6.09 Å². The number of hydrogen-bond acceptors (Lipinski definition) is 4. The van der Waals surface area contributed by atoms with E-state index in [0.29, 0.717) is 13.0 Å². The first-order valence-electron chi connectivity index (χ1n) is 5.50. The molecule has 0 aromatic carbocycles. The Labute approximate surface area is 96.0 Å².